The highest BCUT2D eigenvalue weighted by Crippen LogP contribution is 2.22. The van der Waals surface area contributed by atoms with Crippen LogP contribution in [0.1, 0.15) is 10.6 Å². The van der Waals surface area contributed by atoms with Crippen LogP contribution in [0.25, 0.3) is 11.0 Å². The van der Waals surface area contributed by atoms with Crippen molar-refractivity contribution >= 4 is 32.9 Å². The van der Waals surface area contributed by atoms with Gasteiger partial charge in [0.25, 0.3) is 0 Å². The Morgan fingerprint density at radius 2 is 2.29 bits per heavy atom. The van der Waals surface area contributed by atoms with E-state index in [1.54, 1.807) is 13.2 Å². The second kappa shape index (κ2) is 3.06. The first-order valence-corrected chi connectivity index (χ1v) is 4.60. The molecule has 72 valence electrons. The molecule has 0 saturated carbocycles. The molecule has 0 aliphatic heterocycles. The number of carboxylic acid groups (broad SMARTS) is 1. The summed E-state index contributed by atoms with van der Waals surface area (Å²) in [5.74, 6) is -1.04. The monoisotopic (exact) mass is 255 g/mol. The lowest BCUT2D eigenvalue weighted by atomic mass is 10.4. The quantitative estimate of drug-likeness (QED) is 0.837. The van der Waals surface area contributed by atoms with E-state index in [2.05, 4.69) is 25.9 Å². The molecule has 2 aromatic rings. The molecular formula is C8H6BrN3O2. The number of fused-ring (bicyclic) bond motifs is 1. The van der Waals surface area contributed by atoms with Gasteiger partial charge in [0.2, 0.25) is 5.82 Å². The third kappa shape index (κ3) is 1.19. The summed E-state index contributed by atoms with van der Waals surface area (Å²) in [7, 11) is 1.66. The van der Waals surface area contributed by atoms with Crippen molar-refractivity contribution < 1.29 is 9.90 Å². The number of carbonyl (C=O) groups is 1. The van der Waals surface area contributed by atoms with Crippen LogP contribution in [0.3, 0.4) is 0 Å². The number of aromatic carboxylic acids is 1. The Morgan fingerprint density at radius 3 is 2.86 bits per heavy atom. The number of aryl methyl sites for hydroxylation is 1. The number of pyridine rings is 1. The second-order valence-corrected chi connectivity index (χ2v) is 3.64. The van der Waals surface area contributed by atoms with Gasteiger partial charge in [-0.15, -0.1) is 0 Å². The number of hydrogen-bond acceptors (Lipinski definition) is 3. The van der Waals surface area contributed by atoms with E-state index in [1.807, 2.05) is 0 Å². The minimum atomic E-state index is -1.05. The van der Waals surface area contributed by atoms with Crippen molar-refractivity contribution in [3.8, 4) is 0 Å². The fraction of sp³-hybridized carbons (Fsp3) is 0.125. The molecule has 0 radical (unpaired) electrons. The average molecular weight is 256 g/mol. The number of nitrogens with zero attached hydrogens (tertiary/aromatic N) is 3. The van der Waals surface area contributed by atoms with Gasteiger partial charge in [0.1, 0.15) is 5.52 Å². The molecule has 0 aliphatic rings. The molecule has 5 nitrogen and oxygen atoms in total. The summed E-state index contributed by atoms with van der Waals surface area (Å²) >= 11 is 3.29. The molecule has 1 N–H and O–H groups in total. The van der Waals surface area contributed by atoms with Crippen molar-refractivity contribution in [3.05, 3.63) is 22.7 Å². The molecule has 0 saturated heterocycles. The van der Waals surface area contributed by atoms with Crippen LogP contribution in [0.15, 0.2) is 16.9 Å². The largest absolute Gasteiger partial charge is 0.475 e. The van der Waals surface area contributed by atoms with Gasteiger partial charge in [-0.3, -0.25) is 4.98 Å². The number of rotatable bonds is 1. The highest BCUT2D eigenvalue weighted by molar-refractivity contribution is 9.10. The van der Waals surface area contributed by atoms with E-state index >= 15 is 0 Å². The average Bonchev–Trinajstić information content (AvgIpc) is 2.45. The smallest absolute Gasteiger partial charge is 0.372 e. The van der Waals surface area contributed by atoms with E-state index in [0.29, 0.717) is 5.52 Å². The van der Waals surface area contributed by atoms with Crippen LogP contribution in [0.4, 0.5) is 0 Å². The summed E-state index contributed by atoms with van der Waals surface area (Å²) in [6, 6.07) is 0. The van der Waals surface area contributed by atoms with Crippen LogP contribution in [-0.2, 0) is 7.05 Å². The maximum atomic E-state index is 10.8. The highest BCUT2D eigenvalue weighted by atomic mass is 79.9. The van der Waals surface area contributed by atoms with E-state index in [-0.39, 0.29) is 5.82 Å². The van der Waals surface area contributed by atoms with Crippen LogP contribution < -0.4 is 0 Å². The zero-order valence-electron chi connectivity index (χ0n) is 7.23. The zero-order chi connectivity index (χ0) is 10.3. The zero-order valence-corrected chi connectivity index (χ0v) is 8.82. The maximum absolute atomic E-state index is 10.8. The number of carboxylic acids is 1. The summed E-state index contributed by atoms with van der Waals surface area (Å²) in [4.78, 5) is 18.6. The van der Waals surface area contributed by atoms with Crippen LogP contribution in [0.5, 0.6) is 0 Å². The molecular weight excluding hydrogens is 250 g/mol. The molecule has 2 rings (SSSR count). The Hall–Kier alpha value is -1.43. The third-order valence-corrected chi connectivity index (χ3v) is 2.50. The summed E-state index contributed by atoms with van der Waals surface area (Å²) < 4.78 is 2.25. The van der Waals surface area contributed by atoms with E-state index in [0.717, 1.165) is 9.99 Å². The fourth-order valence-corrected chi connectivity index (χ4v) is 1.91. The highest BCUT2D eigenvalue weighted by Gasteiger charge is 2.15. The van der Waals surface area contributed by atoms with Crippen molar-refractivity contribution in [2.24, 2.45) is 7.05 Å². The minimum absolute atomic E-state index is 0.00806. The molecule has 0 aliphatic carbocycles. The normalized spacial score (nSPS) is 10.7. The van der Waals surface area contributed by atoms with E-state index < -0.39 is 5.97 Å². The van der Waals surface area contributed by atoms with Gasteiger partial charge < -0.3 is 9.67 Å². The third-order valence-electron chi connectivity index (χ3n) is 1.92. The second-order valence-electron chi connectivity index (χ2n) is 2.79. The summed E-state index contributed by atoms with van der Waals surface area (Å²) in [5.41, 5.74) is 1.30. The summed E-state index contributed by atoms with van der Waals surface area (Å²) in [5, 5.41) is 8.84. The van der Waals surface area contributed by atoms with Gasteiger partial charge in [-0.25, -0.2) is 9.78 Å². The lowest BCUT2D eigenvalue weighted by Gasteiger charge is -1.97. The first kappa shape index (κ1) is 9.14. The van der Waals surface area contributed by atoms with Gasteiger partial charge in [0.15, 0.2) is 0 Å². The van der Waals surface area contributed by atoms with E-state index in [4.69, 9.17) is 5.11 Å². The fourth-order valence-electron chi connectivity index (χ4n) is 1.32. The maximum Gasteiger partial charge on any atom is 0.372 e. The van der Waals surface area contributed by atoms with Crippen LogP contribution in [0, 0.1) is 0 Å². The van der Waals surface area contributed by atoms with Crippen LogP contribution in [0.2, 0.25) is 0 Å². The SMILES string of the molecule is Cn1c(C(=O)O)nc2cncc(Br)c21. The number of imidazole rings is 1. The Morgan fingerprint density at radius 1 is 1.57 bits per heavy atom. The van der Waals surface area contributed by atoms with Crippen molar-refractivity contribution in [2.75, 3.05) is 0 Å². The van der Waals surface area contributed by atoms with Gasteiger partial charge in [0.05, 0.1) is 16.2 Å². The molecule has 0 unspecified atom stereocenters. The van der Waals surface area contributed by atoms with Gasteiger partial charge in [-0.1, -0.05) is 0 Å². The topological polar surface area (TPSA) is 68.0 Å². The Bertz CT molecular complexity index is 521. The van der Waals surface area contributed by atoms with Gasteiger partial charge in [-0.2, -0.15) is 0 Å². The van der Waals surface area contributed by atoms with Crippen molar-refractivity contribution in [3.63, 3.8) is 0 Å². The molecule has 0 spiro atoms. The van der Waals surface area contributed by atoms with E-state index in [9.17, 15) is 4.79 Å². The van der Waals surface area contributed by atoms with Crippen molar-refractivity contribution in [2.45, 2.75) is 0 Å². The molecule has 0 atom stereocenters. The molecule has 2 aromatic heterocycles. The van der Waals surface area contributed by atoms with Crippen molar-refractivity contribution in [1.29, 1.82) is 0 Å². The molecule has 2 heterocycles. The molecule has 0 bridgehead atoms. The predicted molar refractivity (Wildman–Crippen MR) is 53.2 cm³/mol. The molecule has 6 heteroatoms. The number of hydrogen-bond donors (Lipinski definition) is 1. The van der Waals surface area contributed by atoms with Gasteiger partial charge >= 0.3 is 5.97 Å². The number of aromatic nitrogens is 3. The number of halogens is 1. The van der Waals surface area contributed by atoms with Crippen LogP contribution in [-0.4, -0.2) is 25.6 Å². The standard InChI is InChI=1S/C8H6BrN3O2/c1-12-6-4(9)2-10-3-5(6)11-7(12)8(13)14/h2-3H,1H3,(H,13,14). The lowest BCUT2D eigenvalue weighted by molar-refractivity contribution is 0.0680. The molecule has 0 aromatic carbocycles. The van der Waals surface area contributed by atoms with E-state index in [1.165, 1.54) is 10.8 Å². The summed E-state index contributed by atoms with van der Waals surface area (Å²) in [6.45, 7) is 0. The van der Waals surface area contributed by atoms with Gasteiger partial charge in [-0.05, 0) is 15.9 Å². The molecule has 0 fully saturated rings. The summed E-state index contributed by atoms with van der Waals surface area (Å²) in [6.07, 6.45) is 3.14. The first-order valence-electron chi connectivity index (χ1n) is 3.80. The molecule has 14 heavy (non-hydrogen) atoms. The Balaban J connectivity index is 2.87. The predicted octanol–water partition coefficient (Wildman–Crippen LogP) is 1.43. The minimum Gasteiger partial charge on any atom is -0.475 e. The lowest BCUT2D eigenvalue weighted by Crippen LogP contribution is -2.05. The van der Waals surface area contributed by atoms with Gasteiger partial charge in [0, 0.05) is 13.2 Å². The Kier molecular flexibility index (Phi) is 1.99. The van der Waals surface area contributed by atoms with Crippen molar-refractivity contribution in [1.82, 2.24) is 14.5 Å². The Labute approximate surface area is 87.5 Å². The van der Waals surface area contributed by atoms with Crippen LogP contribution >= 0.6 is 15.9 Å². The first-order chi connectivity index (χ1) is 6.61. The molecule has 0 amide bonds.